The fourth-order valence-electron chi connectivity index (χ4n) is 1.93. The lowest BCUT2D eigenvalue weighted by Crippen LogP contribution is -2.09. The molecule has 28 heavy (non-hydrogen) atoms. The smallest absolute Gasteiger partial charge is 0.305 e. The van der Waals surface area contributed by atoms with Gasteiger partial charge in [-0.15, -0.1) is 0 Å². The SMILES string of the molecule is CC(C)OC(C)C.CC/C(C)=C(\C)CC.O=C(O)CCCCC(=O)OCCO. The van der Waals surface area contributed by atoms with E-state index in [1.54, 1.807) is 11.1 Å². The molecule has 0 aromatic heterocycles. The zero-order chi connectivity index (χ0) is 22.5. The number of allylic oxidation sites excluding steroid dienone is 2. The van der Waals surface area contributed by atoms with E-state index in [4.69, 9.17) is 14.9 Å². The van der Waals surface area contributed by atoms with Crippen molar-refractivity contribution < 1.29 is 29.3 Å². The van der Waals surface area contributed by atoms with E-state index in [1.807, 2.05) is 27.7 Å². The van der Waals surface area contributed by atoms with Crippen molar-refractivity contribution in [3.8, 4) is 0 Å². The van der Waals surface area contributed by atoms with E-state index < -0.39 is 5.97 Å². The van der Waals surface area contributed by atoms with Gasteiger partial charge in [0, 0.05) is 12.8 Å². The number of rotatable bonds is 11. The maximum Gasteiger partial charge on any atom is 0.305 e. The van der Waals surface area contributed by atoms with Crippen LogP contribution < -0.4 is 0 Å². The minimum atomic E-state index is -0.858. The summed E-state index contributed by atoms with van der Waals surface area (Å²) in [5, 5.41) is 16.6. The molecule has 6 heteroatoms. The number of hydrogen-bond acceptors (Lipinski definition) is 5. The highest BCUT2D eigenvalue weighted by molar-refractivity contribution is 5.69. The van der Waals surface area contributed by atoms with Gasteiger partial charge in [-0.2, -0.15) is 0 Å². The molecule has 0 aromatic carbocycles. The summed E-state index contributed by atoms with van der Waals surface area (Å²) in [6.45, 7) is 16.8. The number of ether oxygens (including phenoxy) is 2. The number of aliphatic hydroxyl groups excluding tert-OH is 1. The Morgan fingerprint density at radius 3 is 1.57 bits per heavy atom. The fourth-order valence-corrected chi connectivity index (χ4v) is 1.93. The molecule has 0 saturated carbocycles. The van der Waals surface area contributed by atoms with Crippen molar-refractivity contribution in [2.75, 3.05) is 13.2 Å². The summed E-state index contributed by atoms with van der Waals surface area (Å²) in [6.07, 6.45) is 4.44. The first kappa shape index (κ1) is 31.3. The zero-order valence-corrected chi connectivity index (χ0v) is 19.3. The molecule has 0 heterocycles. The van der Waals surface area contributed by atoms with E-state index in [0.29, 0.717) is 25.0 Å². The molecule has 0 bridgehead atoms. The van der Waals surface area contributed by atoms with Gasteiger partial charge in [-0.1, -0.05) is 25.0 Å². The van der Waals surface area contributed by atoms with Crippen LogP contribution >= 0.6 is 0 Å². The molecule has 0 aliphatic carbocycles. The van der Waals surface area contributed by atoms with Gasteiger partial charge in [0.1, 0.15) is 6.61 Å². The minimum absolute atomic E-state index is 0.0117. The summed E-state index contributed by atoms with van der Waals surface area (Å²) in [5.41, 5.74) is 3.10. The highest BCUT2D eigenvalue weighted by atomic mass is 16.5. The molecule has 0 aliphatic rings. The van der Waals surface area contributed by atoms with E-state index >= 15 is 0 Å². The maximum absolute atomic E-state index is 10.8. The van der Waals surface area contributed by atoms with E-state index in [1.165, 1.54) is 12.8 Å². The van der Waals surface area contributed by atoms with Crippen molar-refractivity contribution in [2.45, 2.75) is 106 Å². The van der Waals surface area contributed by atoms with E-state index in [-0.39, 0.29) is 32.0 Å². The Labute approximate surface area is 172 Å². The number of carboxylic acid groups (broad SMARTS) is 1. The Morgan fingerprint density at radius 1 is 0.857 bits per heavy atom. The molecule has 168 valence electrons. The second-order valence-electron chi connectivity index (χ2n) is 7.05. The average molecular weight is 405 g/mol. The number of carbonyl (C=O) groups excluding carboxylic acids is 1. The molecule has 0 unspecified atom stereocenters. The van der Waals surface area contributed by atoms with Crippen LogP contribution in [0.2, 0.25) is 0 Å². The predicted octanol–water partition coefficient (Wildman–Crippen LogP) is 5.13. The molecule has 0 aromatic rings. The van der Waals surface area contributed by atoms with Crippen molar-refractivity contribution in [3.05, 3.63) is 11.1 Å². The summed E-state index contributed by atoms with van der Waals surface area (Å²) < 4.78 is 9.81. The molecule has 0 atom stereocenters. The number of esters is 1. The number of unbranched alkanes of at least 4 members (excludes halogenated alkanes) is 1. The van der Waals surface area contributed by atoms with Crippen molar-refractivity contribution >= 4 is 11.9 Å². The predicted molar refractivity (Wildman–Crippen MR) is 114 cm³/mol. The number of carboxylic acids is 1. The largest absolute Gasteiger partial charge is 0.481 e. The molecule has 0 rings (SSSR count). The topological polar surface area (TPSA) is 93.1 Å². The summed E-state index contributed by atoms with van der Waals surface area (Å²) >= 11 is 0. The van der Waals surface area contributed by atoms with Gasteiger partial charge in [-0.3, -0.25) is 9.59 Å². The van der Waals surface area contributed by atoms with Gasteiger partial charge < -0.3 is 19.7 Å². The van der Waals surface area contributed by atoms with Gasteiger partial charge in [0.2, 0.25) is 0 Å². The molecular weight excluding hydrogens is 360 g/mol. The van der Waals surface area contributed by atoms with Gasteiger partial charge in [0.05, 0.1) is 18.8 Å². The number of aliphatic carboxylic acids is 1. The van der Waals surface area contributed by atoms with Gasteiger partial charge >= 0.3 is 11.9 Å². The van der Waals surface area contributed by atoms with Crippen LogP contribution in [0.5, 0.6) is 0 Å². The van der Waals surface area contributed by atoms with Crippen LogP contribution in [0.4, 0.5) is 0 Å². The Hall–Kier alpha value is -1.40. The van der Waals surface area contributed by atoms with Crippen LogP contribution in [0.1, 0.15) is 93.9 Å². The van der Waals surface area contributed by atoms with Crippen molar-refractivity contribution in [2.24, 2.45) is 0 Å². The third kappa shape index (κ3) is 29.4. The third-order valence-electron chi connectivity index (χ3n) is 3.71. The Kier molecular flexibility index (Phi) is 24.5. The first-order chi connectivity index (χ1) is 13.0. The van der Waals surface area contributed by atoms with Crippen LogP contribution in [-0.4, -0.2) is 47.6 Å². The average Bonchev–Trinajstić information content (AvgIpc) is 2.61. The molecule has 0 spiro atoms. The molecule has 0 fully saturated rings. The third-order valence-corrected chi connectivity index (χ3v) is 3.71. The zero-order valence-electron chi connectivity index (χ0n) is 19.3. The molecule has 6 nitrogen and oxygen atoms in total. The molecule has 0 amide bonds. The summed E-state index contributed by atoms with van der Waals surface area (Å²) in [4.78, 5) is 20.8. The molecule has 0 radical (unpaired) electrons. The highest BCUT2D eigenvalue weighted by Gasteiger charge is 2.03. The standard InChI is InChI=1S/C8H14O5.C8H16.C6H14O/c9-5-6-13-8(12)4-2-1-3-7(10)11;1-5-7(3)8(4)6-2;1-5(2)7-6(3)4/h9H,1-6H2,(H,10,11);5-6H2,1-4H3;5-6H,1-4H3/b;8-7+;. The number of carbonyl (C=O) groups is 2. The number of aliphatic hydroxyl groups is 1. The van der Waals surface area contributed by atoms with Crippen LogP contribution in [0, 0.1) is 0 Å². The van der Waals surface area contributed by atoms with Crippen molar-refractivity contribution in [3.63, 3.8) is 0 Å². The molecule has 0 saturated heterocycles. The quantitative estimate of drug-likeness (QED) is 0.282. The van der Waals surface area contributed by atoms with E-state index in [0.717, 1.165) is 0 Å². The lowest BCUT2D eigenvalue weighted by molar-refractivity contribution is -0.145. The molecular formula is C22H44O6. The van der Waals surface area contributed by atoms with Crippen LogP contribution in [0.15, 0.2) is 11.1 Å². The van der Waals surface area contributed by atoms with Crippen LogP contribution in [-0.2, 0) is 19.1 Å². The van der Waals surface area contributed by atoms with Gasteiger partial charge in [-0.05, 0) is 67.2 Å². The molecule has 2 N–H and O–H groups in total. The molecule has 0 aliphatic heterocycles. The van der Waals surface area contributed by atoms with Crippen LogP contribution in [0.25, 0.3) is 0 Å². The summed E-state index contributed by atoms with van der Waals surface area (Å²) in [7, 11) is 0. The van der Waals surface area contributed by atoms with Gasteiger partial charge in [-0.25, -0.2) is 0 Å². The van der Waals surface area contributed by atoms with Crippen LogP contribution in [0.3, 0.4) is 0 Å². The first-order valence-electron chi connectivity index (χ1n) is 10.3. The first-order valence-corrected chi connectivity index (χ1v) is 10.3. The maximum atomic E-state index is 10.8. The Balaban J connectivity index is -0.000000359. The second-order valence-corrected chi connectivity index (χ2v) is 7.05. The lowest BCUT2D eigenvalue weighted by atomic mass is 10.1. The van der Waals surface area contributed by atoms with Crippen molar-refractivity contribution in [1.29, 1.82) is 0 Å². The normalized spacial score (nSPS) is 11.1. The van der Waals surface area contributed by atoms with E-state index in [9.17, 15) is 9.59 Å². The van der Waals surface area contributed by atoms with Gasteiger partial charge in [0.15, 0.2) is 0 Å². The summed E-state index contributed by atoms with van der Waals surface area (Å²) in [6, 6.07) is 0. The van der Waals surface area contributed by atoms with Gasteiger partial charge in [0.25, 0.3) is 0 Å². The monoisotopic (exact) mass is 404 g/mol. The second kappa shape index (κ2) is 21.9. The summed E-state index contributed by atoms with van der Waals surface area (Å²) in [5.74, 6) is -1.25. The Morgan fingerprint density at radius 2 is 1.29 bits per heavy atom. The number of hydrogen-bond donors (Lipinski definition) is 2. The van der Waals surface area contributed by atoms with Crippen molar-refractivity contribution in [1.82, 2.24) is 0 Å². The van der Waals surface area contributed by atoms with E-state index in [2.05, 4.69) is 32.4 Å². The fraction of sp³-hybridized carbons (Fsp3) is 0.818. The lowest BCUT2D eigenvalue weighted by Gasteiger charge is -2.09. The highest BCUT2D eigenvalue weighted by Crippen LogP contribution is 2.09. The minimum Gasteiger partial charge on any atom is -0.481 e. The Bertz CT molecular complexity index is 395.